The van der Waals surface area contributed by atoms with Crippen molar-refractivity contribution in [3.8, 4) is 5.75 Å². The van der Waals surface area contributed by atoms with Gasteiger partial charge < -0.3 is 15.0 Å². The summed E-state index contributed by atoms with van der Waals surface area (Å²) in [5.74, 6) is 0.311. The highest BCUT2D eigenvalue weighted by Crippen LogP contribution is 2.25. The lowest BCUT2D eigenvalue weighted by Crippen LogP contribution is -2.50. The van der Waals surface area contributed by atoms with Crippen molar-refractivity contribution in [3.63, 3.8) is 0 Å². The fourth-order valence-electron chi connectivity index (χ4n) is 3.77. The molecule has 2 amide bonds. The summed E-state index contributed by atoms with van der Waals surface area (Å²) in [6.45, 7) is 2.85. The molecule has 0 aliphatic heterocycles. The van der Waals surface area contributed by atoms with Crippen LogP contribution < -0.4 is 10.1 Å². The molecule has 0 fully saturated rings. The summed E-state index contributed by atoms with van der Waals surface area (Å²) in [5.41, 5.74) is 1.68. The summed E-state index contributed by atoms with van der Waals surface area (Å²) in [6.07, 6.45) is 1.08. The quantitative estimate of drug-likeness (QED) is 0.261. The molecule has 0 saturated heterocycles. The van der Waals surface area contributed by atoms with Crippen molar-refractivity contribution in [1.82, 2.24) is 10.2 Å². The maximum absolute atomic E-state index is 13.5. The first-order valence-electron chi connectivity index (χ1n) is 11.8. The molecule has 36 heavy (non-hydrogen) atoms. The molecule has 3 aromatic rings. The third-order valence-electron chi connectivity index (χ3n) is 5.60. The second kappa shape index (κ2) is 14.1. The summed E-state index contributed by atoms with van der Waals surface area (Å²) in [4.78, 5) is 28.3. The van der Waals surface area contributed by atoms with E-state index in [1.54, 1.807) is 47.4 Å². The normalized spacial score (nSPS) is 11.6. The number of nitrogens with one attached hydrogen (secondary N) is 1. The lowest BCUT2D eigenvalue weighted by Gasteiger charge is -2.32. The first kappa shape index (κ1) is 27.9. The second-order valence-corrected chi connectivity index (χ2v) is 9.54. The Morgan fingerprint density at radius 3 is 2.31 bits per heavy atom. The van der Waals surface area contributed by atoms with Gasteiger partial charge in [0.15, 0.2) is 0 Å². The van der Waals surface area contributed by atoms with Gasteiger partial charge in [-0.2, -0.15) is 0 Å². The Morgan fingerprint density at radius 1 is 0.944 bits per heavy atom. The molecule has 1 N–H and O–H groups in total. The van der Waals surface area contributed by atoms with Crippen LogP contribution in [-0.4, -0.2) is 35.9 Å². The van der Waals surface area contributed by atoms with E-state index in [-0.39, 0.29) is 24.8 Å². The Kier molecular flexibility index (Phi) is 10.9. The molecule has 1 unspecified atom stereocenters. The highest BCUT2D eigenvalue weighted by molar-refractivity contribution is 6.35. The first-order valence-corrected chi connectivity index (χ1v) is 12.9. The standard InChI is InChI=1S/C28H29Cl3N2O3/c1-2-32-28(35)26(17-20-7-4-3-5-8-20)33(19-21-10-11-23(30)18-25(21)31)27(34)9-6-16-36-24-14-12-22(29)13-15-24/h3-5,7-8,10-15,18,26H,2,6,9,16-17,19H2,1H3,(H,32,35). The summed E-state index contributed by atoms with van der Waals surface area (Å²) >= 11 is 18.4. The van der Waals surface area contributed by atoms with Gasteiger partial charge in [0.2, 0.25) is 11.8 Å². The molecule has 0 aromatic heterocycles. The lowest BCUT2D eigenvalue weighted by molar-refractivity contribution is -0.141. The summed E-state index contributed by atoms with van der Waals surface area (Å²) in [5, 5.41) is 4.46. The third-order valence-corrected chi connectivity index (χ3v) is 6.43. The Labute approximate surface area is 227 Å². The van der Waals surface area contributed by atoms with Gasteiger partial charge in [-0.05, 0) is 60.9 Å². The third kappa shape index (κ3) is 8.44. The molecule has 3 rings (SSSR count). The first-order chi connectivity index (χ1) is 17.4. The molecule has 0 bridgehead atoms. The number of rotatable bonds is 12. The number of hydrogen-bond donors (Lipinski definition) is 1. The van der Waals surface area contributed by atoms with Crippen LogP contribution in [-0.2, 0) is 22.6 Å². The highest BCUT2D eigenvalue weighted by Gasteiger charge is 2.30. The molecule has 0 spiro atoms. The van der Waals surface area contributed by atoms with E-state index in [0.717, 1.165) is 5.56 Å². The Morgan fingerprint density at radius 2 is 1.64 bits per heavy atom. The van der Waals surface area contributed by atoms with E-state index in [0.29, 0.717) is 52.4 Å². The number of halogens is 3. The van der Waals surface area contributed by atoms with Crippen LogP contribution >= 0.6 is 34.8 Å². The van der Waals surface area contributed by atoms with Crippen LogP contribution in [0.2, 0.25) is 15.1 Å². The fraction of sp³-hybridized carbons (Fsp3) is 0.286. The molecule has 0 saturated carbocycles. The van der Waals surface area contributed by atoms with E-state index in [2.05, 4.69) is 5.32 Å². The number of carbonyl (C=O) groups is 2. The smallest absolute Gasteiger partial charge is 0.243 e. The van der Waals surface area contributed by atoms with Crippen LogP contribution in [0.25, 0.3) is 0 Å². The van der Waals surface area contributed by atoms with E-state index in [9.17, 15) is 9.59 Å². The minimum Gasteiger partial charge on any atom is -0.494 e. The van der Waals surface area contributed by atoms with Crippen LogP contribution in [0.1, 0.15) is 30.9 Å². The number of nitrogens with zero attached hydrogens (tertiary/aromatic N) is 1. The molecule has 0 heterocycles. The number of ether oxygens (including phenoxy) is 1. The Bertz CT molecular complexity index is 1140. The van der Waals surface area contributed by atoms with Gasteiger partial charge in [-0.1, -0.05) is 71.2 Å². The second-order valence-electron chi connectivity index (χ2n) is 8.26. The molecule has 5 nitrogen and oxygen atoms in total. The predicted octanol–water partition coefficient (Wildman–Crippen LogP) is 6.58. The van der Waals surface area contributed by atoms with E-state index in [1.165, 1.54) is 0 Å². The molecular formula is C28H29Cl3N2O3. The monoisotopic (exact) mass is 546 g/mol. The summed E-state index contributed by atoms with van der Waals surface area (Å²) in [7, 11) is 0. The fourth-order valence-corrected chi connectivity index (χ4v) is 4.36. The average Bonchev–Trinajstić information content (AvgIpc) is 2.87. The molecule has 0 radical (unpaired) electrons. The zero-order valence-corrected chi connectivity index (χ0v) is 22.3. The van der Waals surface area contributed by atoms with Crippen LogP contribution in [0.5, 0.6) is 5.75 Å². The number of hydrogen-bond acceptors (Lipinski definition) is 3. The number of likely N-dealkylation sites (N-methyl/N-ethyl adjacent to an activating group) is 1. The Balaban J connectivity index is 1.79. The van der Waals surface area contributed by atoms with Crippen molar-refractivity contribution in [3.05, 3.63) is 99.0 Å². The molecule has 0 aliphatic carbocycles. The van der Waals surface area contributed by atoms with E-state index >= 15 is 0 Å². The van der Waals surface area contributed by atoms with Crippen LogP contribution in [0.3, 0.4) is 0 Å². The van der Waals surface area contributed by atoms with Crippen molar-refractivity contribution < 1.29 is 14.3 Å². The van der Waals surface area contributed by atoms with Gasteiger partial charge >= 0.3 is 0 Å². The lowest BCUT2D eigenvalue weighted by atomic mass is 10.0. The van der Waals surface area contributed by atoms with Gasteiger partial charge in [-0.25, -0.2) is 0 Å². The molecule has 3 aromatic carbocycles. The van der Waals surface area contributed by atoms with Crippen LogP contribution in [0, 0.1) is 0 Å². The van der Waals surface area contributed by atoms with Crippen LogP contribution in [0.15, 0.2) is 72.8 Å². The maximum atomic E-state index is 13.5. The van der Waals surface area contributed by atoms with Gasteiger partial charge in [0.05, 0.1) is 6.61 Å². The minimum atomic E-state index is -0.705. The minimum absolute atomic E-state index is 0.159. The van der Waals surface area contributed by atoms with Crippen molar-refractivity contribution in [2.75, 3.05) is 13.2 Å². The largest absolute Gasteiger partial charge is 0.494 e. The summed E-state index contributed by atoms with van der Waals surface area (Å²) in [6, 6.07) is 21.2. The molecule has 1 atom stereocenters. The topological polar surface area (TPSA) is 58.6 Å². The van der Waals surface area contributed by atoms with E-state index in [4.69, 9.17) is 39.5 Å². The van der Waals surface area contributed by atoms with Gasteiger partial charge in [0.1, 0.15) is 11.8 Å². The number of benzene rings is 3. The Hall–Kier alpha value is -2.73. The van der Waals surface area contributed by atoms with Crippen molar-refractivity contribution >= 4 is 46.6 Å². The predicted molar refractivity (Wildman–Crippen MR) is 146 cm³/mol. The van der Waals surface area contributed by atoms with Gasteiger partial charge in [0.25, 0.3) is 0 Å². The molecule has 0 aliphatic rings. The van der Waals surface area contributed by atoms with Crippen molar-refractivity contribution in [2.24, 2.45) is 0 Å². The van der Waals surface area contributed by atoms with Gasteiger partial charge in [-0.3, -0.25) is 9.59 Å². The van der Waals surface area contributed by atoms with E-state index < -0.39 is 6.04 Å². The van der Waals surface area contributed by atoms with Gasteiger partial charge in [0, 0.05) is 41.0 Å². The van der Waals surface area contributed by atoms with Crippen molar-refractivity contribution in [2.45, 2.75) is 38.8 Å². The highest BCUT2D eigenvalue weighted by atomic mass is 35.5. The molecule has 190 valence electrons. The van der Waals surface area contributed by atoms with E-state index in [1.807, 2.05) is 37.3 Å². The summed E-state index contributed by atoms with van der Waals surface area (Å²) < 4.78 is 5.74. The molecular weight excluding hydrogens is 519 g/mol. The SMILES string of the molecule is CCNC(=O)C(Cc1ccccc1)N(Cc1ccc(Cl)cc1Cl)C(=O)CCCOc1ccc(Cl)cc1. The molecule has 8 heteroatoms. The van der Waals surface area contributed by atoms with Crippen LogP contribution in [0.4, 0.5) is 0 Å². The van der Waals surface area contributed by atoms with Gasteiger partial charge in [-0.15, -0.1) is 0 Å². The maximum Gasteiger partial charge on any atom is 0.243 e. The van der Waals surface area contributed by atoms with Crippen molar-refractivity contribution in [1.29, 1.82) is 0 Å². The zero-order valence-electron chi connectivity index (χ0n) is 20.1. The zero-order chi connectivity index (χ0) is 25.9. The number of amides is 2. The number of carbonyl (C=O) groups excluding carboxylic acids is 2. The average molecular weight is 548 g/mol.